The Morgan fingerprint density at radius 3 is 2.65 bits per heavy atom. The molecule has 3 heterocycles. The molecule has 1 N–H and O–H groups in total. The maximum Gasteiger partial charge on any atom is 0.272 e. The van der Waals surface area contributed by atoms with Crippen molar-refractivity contribution in [2.75, 3.05) is 39.3 Å². The van der Waals surface area contributed by atoms with E-state index < -0.39 is 0 Å². The van der Waals surface area contributed by atoms with Crippen LogP contribution in [0.5, 0.6) is 0 Å². The third-order valence-corrected chi connectivity index (χ3v) is 4.45. The average molecular weight is 316 g/mol. The van der Waals surface area contributed by atoms with Gasteiger partial charge in [0.1, 0.15) is 11.3 Å². The van der Waals surface area contributed by atoms with Gasteiger partial charge in [-0.2, -0.15) is 0 Å². The molecule has 2 aromatic heterocycles. The Labute approximate surface area is 136 Å². The Bertz CT molecular complexity index is 702. The van der Waals surface area contributed by atoms with Crippen molar-refractivity contribution < 1.29 is 9.90 Å². The number of aromatic nitrogens is 2. The van der Waals surface area contributed by atoms with Gasteiger partial charge in [-0.3, -0.25) is 14.1 Å². The molecule has 0 aliphatic carbocycles. The summed E-state index contributed by atoms with van der Waals surface area (Å²) in [5.74, 6) is 0.0589. The highest BCUT2D eigenvalue weighted by atomic mass is 16.3. The number of carbonyl (C=O) groups is 1. The molecular weight excluding hydrogens is 292 g/mol. The molecule has 1 amide bonds. The molecular formula is C17H24N4O2. The maximum absolute atomic E-state index is 13.0. The molecule has 1 aliphatic heterocycles. The van der Waals surface area contributed by atoms with Crippen molar-refractivity contribution in [1.29, 1.82) is 0 Å². The van der Waals surface area contributed by atoms with Crippen molar-refractivity contribution in [2.24, 2.45) is 0 Å². The van der Waals surface area contributed by atoms with Crippen LogP contribution in [-0.4, -0.2) is 69.5 Å². The van der Waals surface area contributed by atoms with Crippen LogP contribution in [0.2, 0.25) is 0 Å². The van der Waals surface area contributed by atoms with Crippen LogP contribution in [0.1, 0.15) is 28.7 Å². The van der Waals surface area contributed by atoms with Gasteiger partial charge in [-0.15, -0.1) is 0 Å². The standard InChI is InChI=1S/C17H24N4O2/c1-3-14-16(21-12-13(2)4-5-15(21)18-14)17(23)20-8-6-19(7-9-20)10-11-22/h4-5,12,22H,3,6-11H2,1-2H3. The number of imidazole rings is 1. The zero-order chi connectivity index (χ0) is 16.4. The summed E-state index contributed by atoms with van der Waals surface area (Å²) >= 11 is 0. The van der Waals surface area contributed by atoms with Gasteiger partial charge in [0, 0.05) is 38.9 Å². The van der Waals surface area contributed by atoms with Crippen LogP contribution in [0, 0.1) is 6.92 Å². The molecule has 0 atom stereocenters. The minimum Gasteiger partial charge on any atom is -0.395 e. The molecule has 3 rings (SSSR count). The van der Waals surface area contributed by atoms with E-state index in [4.69, 9.17) is 5.11 Å². The largest absolute Gasteiger partial charge is 0.395 e. The topological polar surface area (TPSA) is 61.1 Å². The molecule has 1 fully saturated rings. The van der Waals surface area contributed by atoms with Gasteiger partial charge >= 0.3 is 0 Å². The van der Waals surface area contributed by atoms with Crippen LogP contribution in [0.25, 0.3) is 5.65 Å². The fraction of sp³-hybridized carbons (Fsp3) is 0.529. The molecule has 6 heteroatoms. The Morgan fingerprint density at radius 1 is 1.26 bits per heavy atom. The molecule has 23 heavy (non-hydrogen) atoms. The average Bonchev–Trinajstić information content (AvgIpc) is 2.93. The lowest BCUT2D eigenvalue weighted by Crippen LogP contribution is -2.49. The molecule has 0 bridgehead atoms. The molecule has 0 unspecified atom stereocenters. The molecule has 6 nitrogen and oxygen atoms in total. The highest BCUT2D eigenvalue weighted by molar-refractivity contribution is 5.95. The highest BCUT2D eigenvalue weighted by Crippen LogP contribution is 2.18. The number of hydrogen-bond acceptors (Lipinski definition) is 4. The number of aliphatic hydroxyl groups is 1. The van der Waals surface area contributed by atoms with Crippen LogP contribution in [0.3, 0.4) is 0 Å². The van der Waals surface area contributed by atoms with E-state index in [1.807, 2.05) is 41.5 Å². The second kappa shape index (κ2) is 6.68. The van der Waals surface area contributed by atoms with Gasteiger partial charge in [-0.25, -0.2) is 4.98 Å². The molecule has 0 saturated carbocycles. The first-order valence-electron chi connectivity index (χ1n) is 8.24. The Balaban J connectivity index is 1.87. The van der Waals surface area contributed by atoms with Gasteiger partial charge in [0.25, 0.3) is 5.91 Å². The molecule has 0 spiro atoms. The number of amides is 1. The number of fused-ring (bicyclic) bond motifs is 1. The Kier molecular flexibility index (Phi) is 4.63. The van der Waals surface area contributed by atoms with Crippen molar-refractivity contribution in [3.8, 4) is 0 Å². The molecule has 124 valence electrons. The third kappa shape index (κ3) is 3.09. The molecule has 0 radical (unpaired) electrons. The van der Waals surface area contributed by atoms with Gasteiger partial charge in [0.15, 0.2) is 0 Å². The summed E-state index contributed by atoms with van der Waals surface area (Å²) < 4.78 is 1.93. The lowest BCUT2D eigenvalue weighted by Gasteiger charge is -2.34. The molecule has 0 aromatic carbocycles. The van der Waals surface area contributed by atoms with E-state index in [1.165, 1.54) is 0 Å². The van der Waals surface area contributed by atoms with Crippen LogP contribution in [0.15, 0.2) is 18.3 Å². The van der Waals surface area contributed by atoms with Crippen LogP contribution in [-0.2, 0) is 6.42 Å². The quantitative estimate of drug-likeness (QED) is 0.912. The van der Waals surface area contributed by atoms with E-state index in [9.17, 15) is 4.79 Å². The minimum atomic E-state index is 0.0589. The summed E-state index contributed by atoms with van der Waals surface area (Å²) in [6.07, 6.45) is 2.73. The second-order valence-electron chi connectivity index (χ2n) is 6.05. The summed E-state index contributed by atoms with van der Waals surface area (Å²) in [5.41, 5.74) is 3.49. The summed E-state index contributed by atoms with van der Waals surface area (Å²) in [4.78, 5) is 21.7. The van der Waals surface area contributed by atoms with Crippen molar-refractivity contribution in [1.82, 2.24) is 19.2 Å². The number of aliphatic hydroxyl groups excluding tert-OH is 1. The number of hydrogen-bond donors (Lipinski definition) is 1. The highest BCUT2D eigenvalue weighted by Gasteiger charge is 2.26. The summed E-state index contributed by atoms with van der Waals surface area (Å²) in [6.45, 7) is 7.91. The maximum atomic E-state index is 13.0. The molecule has 1 aliphatic rings. The number of pyridine rings is 1. The molecule has 2 aromatic rings. The monoisotopic (exact) mass is 316 g/mol. The van der Waals surface area contributed by atoms with E-state index >= 15 is 0 Å². The van der Waals surface area contributed by atoms with Gasteiger partial charge in [-0.05, 0) is 25.0 Å². The second-order valence-corrected chi connectivity index (χ2v) is 6.05. The van der Waals surface area contributed by atoms with Crippen molar-refractivity contribution in [3.05, 3.63) is 35.3 Å². The van der Waals surface area contributed by atoms with E-state index in [0.717, 1.165) is 36.4 Å². The van der Waals surface area contributed by atoms with Gasteiger partial charge < -0.3 is 10.0 Å². The normalized spacial score (nSPS) is 16.2. The predicted molar refractivity (Wildman–Crippen MR) is 88.7 cm³/mol. The number of carbonyl (C=O) groups excluding carboxylic acids is 1. The van der Waals surface area contributed by atoms with E-state index in [-0.39, 0.29) is 12.5 Å². The number of nitrogens with zero attached hydrogens (tertiary/aromatic N) is 4. The van der Waals surface area contributed by atoms with E-state index in [2.05, 4.69) is 9.88 Å². The first-order valence-corrected chi connectivity index (χ1v) is 8.24. The number of β-amino-alcohol motifs (C(OH)–C–C–N with tert-alkyl or cyclic N) is 1. The zero-order valence-electron chi connectivity index (χ0n) is 13.8. The summed E-state index contributed by atoms with van der Waals surface area (Å²) in [6, 6.07) is 3.98. The van der Waals surface area contributed by atoms with Gasteiger partial charge in [-0.1, -0.05) is 13.0 Å². The van der Waals surface area contributed by atoms with Crippen LogP contribution in [0.4, 0.5) is 0 Å². The fourth-order valence-corrected chi connectivity index (χ4v) is 3.14. The minimum absolute atomic E-state index is 0.0589. The van der Waals surface area contributed by atoms with Crippen molar-refractivity contribution >= 4 is 11.6 Å². The SMILES string of the molecule is CCc1nc2ccc(C)cn2c1C(=O)N1CCN(CCO)CC1. The van der Waals surface area contributed by atoms with E-state index in [0.29, 0.717) is 25.3 Å². The van der Waals surface area contributed by atoms with Crippen molar-refractivity contribution in [3.63, 3.8) is 0 Å². The van der Waals surface area contributed by atoms with Crippen LogP contribution < -0.4 is 0 Å². The summed E-state index contributed by atoms with van der Waals surface area (Å²) in [7, 11) is 0. The van der Waals surface area contributed by atoms with E-state index in [1.54, 1.807) is 0 Å². The Hall–Kier alpha value is -1.92. The summed E-state index contributed by atoms with van der Waals surface area (Å²) in [5, 5.41) is 9.02. The first kappa shape index (κ1) is 16.0. The lowest BCUT2D eigenvalue weighted by molar-refractivity contribution is 0.0607. The Morgan fingerprint density at radius 2 is 2.00 bits per heavy atom. The lowest BCUT2D eigenvalue weighted by atomic mass is 10.2. The van der Waals surface area contributed by atoms with Crippen molar-refractivity contribution in [2.45, 2.75) is 20.3 Å². The molecule has 1 saturated heterocycles. The first-order chi connectivity index (χ1) is 11.1. The smallest absolute Gasteiger partial charge is 0.272 e. The van der Waals surface area contributed by atoms with Gasteiger partial charge in [0.05, 0.1) is 12.3 Å². The fourth-order valence-electron chi connectivity index (χ4n) is 3.14. The van der Waals surface area contributed by atoms with Crippen LogP contribution >= 0.6 is 0 Å². The third-order valence-electron chi connectivity index (χ3n) is 4.45. The zero-order valence-corrected chi connectivity index (χ0v) is 13.8. The predicted octanol–water partition coefficient (Wildman–Crippen LogP) is 0.955. The van der Waals surface area contributed by atoms with Gasteiger partial charge in [0.2, 0.25) is 0 Å². The number of piperazine rings is 1. The number of aryl methyl sites for hydroxylation is 2. The number of rotatable bonds is 4.